The van der Waals surface area contributed by atoms with Crippen molar-refractivity contribution < 1.29 is 9.90 Å². The molecule has 0 spiro atoms. The van der Waals surface area contributed by atoms with Crippen molar-refractivity contribution in [2.45, 2.75) is 38.3 Å². The Kier molecular flexibility index (Phi) is 4.12. The van der Waals surface area contributed by atoms with Crippen LogP contribution in [-0.4, -0.2) is 50.6 Å². The first-order chi connectivity index (χ1) is 10.9. The molecule has 1 aromatic heterocycles. The number of aromatic amines is 1. The number of nitrogens with zero attached hydrogens (tertiary/aromatic N) is 2. The molecule has 3 rings (SSSR count). The molecule has 2 aromatic rings. The van der Waals surface area contributed by atoms with Crippen LogP contribution in [0.5, 0.6) is 0 Å². The van der Waals surface area contributed by atoms with Gasteiger partial charge in [0.25, 0.3) is 0 Å². The fourth-order valence-corrected chi connectivity index (χ4v) is 3.32. The summed E-state index contributed by atoms with van der Waals surface area (Å²) in [6, 6.07) is 7.87. The highest BCUT2D eigenvalue weighted by atomic mass is 16.3. The van der Waals surface area contributed by atoms with Crippen LogP contribution < -0.4 is 5.69 Å². The van der Waals surface area contributed by atoms with Crippen LogP contribution in [0.1, 0.15) is 32.7 Å². The van der Waals surface area contributed by atoms with E-state index in [1.807, 2.05) is 28.8 Å². The van der Waals surface area contributed by atoms with Crippen molar-refractivity contribution in [3.05, 3.63) is 34.7 Å². The molecule has 6 nitrogen and oxygen atoms in total. The molecule has 1 saturated heterocycles. The number of rotatable bonds is 4. The van der Waals surface area contributed by atoms with Gasteiger partial charge in [0.05, 0.1) is 11.0 Å². The molecule has 0 amide bonds. The molecule has 0 radical (unpaired) electrons. The summed E-state index contributed by atoms with van der Waals surface area (Å²) in [4.78, 5) is 28.7. The number of hydrogen-bond donors (Lipinski definition) is 2. The minimum atomic E-state index is -1.30. The van der Waals surface area contributed by atoms with Crippen molar-refractivity contribution in [1.29, 1.82) is 0 Å². The van der Waals surface area contributed by atoms with Crippen LogP contribution >= 0.6 is 0 Å². The minimum Gasteiger partial charge on any atom is -0.381 e. The standard InChI is InChI=1S/C17H23N3O3/c1-12(21)17(2,23)11-19-9-7-13(8-10-19)20-15-6-4-3-5-14(15)18-16(20)22/h3-6,13,23H,7-11H2,1-2H3,(H,18,22). The number of nitrogens with one attached hydrogen (secondary N) is 1. The van der Waals surface area contributed by atoms with E-state index in [9.17, 15) is 14.7 Å². The molecule has 0 aliphatic carbocycles. The number of carbonyl (C=O) groups is 1. The second-order valence-corrected chi connectivity index (χ2v) is 6.65. The number of imidazole rings is 1. The predicted octanol–water partition coefficient (Wildman–Crippen LogP) is 1.31. The first-order valence-corrected chi connectivity index (χ1v) is 8.03. The fourth-order valence-electron chi connectivity index (χ4n) is 3.32. The molecule has 2 heterocycles. The van der Waals surface area contributed by atoms with Gasteiger partial charge in [-0.2, -0.15) is 0 Å². The number of H-pyrrole nitrogens is 1. The normalized spacial score (nSPS) is 19.8. The van der Waals surface area contributed by atoms with Crippen LogP contribution in [0.3, 0.4) is 0 Å². The van der Waals surface area contributed by atoms with Gasteiger partial charge in [0.15, 0.2) is 5.78 Å². The number of β-amino-alcohol motifs (C(OH)–C–C–N with tert-alkyl or cyclic N) is 1. The van der Waals surface area contributed by atoms with E-state index < -0.39 is 5.60 Å². The number of para-hydroxylation sites is 2. The van der Waals surface area contributed by atoms with Crippen LogP contribution in [0.25, 0.3) is 11.0 Å². The predicted molar refractivity (Wildman–Crippen MR) is 88.6 cm³/mol. The largest absolute Gasteiger partial charge is 0.381 e. The van der Waals surface area contributed by atoms with Crippen LogP contribution in [0.4, 0.5) is 0 Å². The molecule has 1 aliphatic rings. The van der Waals surface area contributed by atoms with Crippen molar-refractivity contribution >= 4 is 16.8 Å². The fraction of sp³-hybridized carbons (Fsp3) is 0.529. The third kappa shape index (κ3) is 3.09. The maximum absolute atomic E-state index is 12.2. The number of aliphatic hydroxyl groups is 1. The molecule has 23 heavy (non-hydrogen) atoms. The lowest BCUT2D eigenvalue weighted by molar-refractivity contribution is -0.135. The number of benzene rings is 1. The van der Waals surface area contributed by atoms with E-state index in [1.54, 1.807) is 6.92 Å². The van der Waals surface area contributed by atoms with Gasteiger partial charge in [-0.05, 0) is 38.8 Å². The number of ketones is 1. The summed E-state index contributed by atoms with van der Waals surface area (Å²) in [7, 11) is 0. The van der Waals surface area contributed by atoms with Gasteiger partial charge in [0.1, 0.15) is 5.60 Å². The number of fused-ring (bicyclic) bond motifs is 1. The Hall–Kier alpha value is -1.92. The number of aromatic nitrogens is 2. The Morgan fingerprint density at radius 2 is 2.00 bits per heavy atom. The molecule has 2 N–H and O–H groups in total. The molecule has 1 aliphatic heterocycles. The van der Waals surface area contributed by atoms with Gasteiger partial charge in [0, 0.05) is 25.7 Å². The van der Waals surface area contributed by atoms with Gasteiger partial charge in [-0.3, -0.25) is 14.3 Å². The van der Waals surface area contributed by atoms with Gasteiger partial charge >= 0.3 is 5.69 Å². The molecular formula is C17H23N3O3. The maximum atomic E-state index is 12.2. The molecule has 1 aromatic carbocycles. The van der Waals surface area contributed by atoms with Crippen LogP contribution in [0, 0.1) is 0 Å². The highest BCUT2D eigenvalue weighted by Crippen LogP contribution is 2.25. The molecular weight excluding hydrogens is 294 g/mol. The lowest BCUT2D eigenvalue weighted by Gasteiger charge is -2.36. The maximum Gasteiger partial charge on any atom is 0.326 e. The number of Topliss-reactive ketones (excluding diaryl/α,β-unsaturated/α-hetero) is 1. The summed E-state index contributed by atoms with van der Waals surface area (Å²) >= 11 is 0. The molecule has 0 saturated carbocycles. The molecule has 6 heteroatoms. The van der Waals surface area contributed by atoms with Gasteiger partial charge < -0.3 is 10.1 Å². The average molecular weight is 317 g/mol. The first kappa shape index (κ1) is 16.0. The van der Waals surface area contributed by atoms with Crippen molar-refractivity contribution in [1.82, 2.24) is 14.5 Å². The Morgan fingerprint density at radius 3 is 2.65 bits per heavy atom. The summed E-state index contributed by atoms with van der Waals surface area (Å²) in [6.07, 6.45) is 1.66. The lowest BCUT2D eigenvalue weighted by Crippen LogP contribution is -2.48. The third-order valence-electron chi connectivity index (χ3n) is 4.84. The highest BCUT2D eigenvalue weighted by molar-refractivity contribution is 5.84. The minimum absolute atomic E-state index is 0.0691. The molecule has 124 valence electrons. The number of likely N-dealkylation sites (tertiary alicyclic amines) is 1. The van der Waals surface area contributed by atoms with E-state index >= 15 is 0 Å². The monoisotopic (exact) mass is 317 g/mol. The topological polar surface area (TPSA) is 78.3 Å². The van der Waals surface area contributed by atoms with Gasteiger partial charge in [-0.25, -0.2) is 4.79 Å². The zero-order chi connectivity index (χ0) is 16.6. The Bertz CT molecular complexity index is 767. The number of hydrogen-bond acceptors (Lipinski definition) is 4. The van der Waals surface area contributed by atoms with Crippen LogP contribution in [0.15, 0.2) is 29.1 Å². The summed E-state index contributed by atoms with van der Waals surface area (Å²) in [6.45, 7) is 4.85. The van der Waals surface area contributed by atoms with Gasteiger partial charge in [-0.1, -0.05) is 12.1 Å². The lowest BCUT2D eigenvalue weighted by atomic mass is 9.98. The summed E-state index contributed by atoms with van der Waals surface area (Å²) in [5.41, 5.74) is 0.427. The quantitative estimate of drug-likeness (QED) is 0.891. The van der Waals surface area contributed by atoms with Crippen molar-refractivity contribution in [2.24, 2.45) is 0 Å². The third-order valence-corrected chi connectivity index (χ3v) is 4.84. The van der Waals surface area contributed by atoms with Crippen LogP contribution in [-0.2, 0) is 4.79 Å². The summed E-state index contributed by atoms with van der Waals surface area (Å²) < 4.78 is 1.84. The molecule has 1 unspecified atom stereocenters. The van der Waals surface area contributed by atoms with E-state index in [0.29, 0.717) is 6.54 Å². The number of carbonyl (C=O) groups excluding carboxylic acids is 1. The van der Waals surface area contributed by atoms with E-state index in [-0.39, 0.29) is 17.5 Å². The SMILES string of the molecule is CC(=O)C(C)(O)CN1CCC(n2c(=O)[nH]c3ccccc32)CC1. The van der Waals surface area contributed by atoms with Crippen LogP contribution in [0.2, 0.25) is 0 Å². The smallest absolute Gasteiger partial charge is 0.326 e. The van der Waals surface area contributed by atoms with E-state index in [1.165, 1.54) is 6.92 Å². The van der Waals surface area contributed by atoms with E-state index in [2.05, 4.69) is 9.88 Å². The zero-order valence-electron chi connectivity index (χ0n) is 13.6. The summed E-state index contributed by atoms with van der Waals surface area (Å²) in [5.74, 6) is -0.215. The van der Waals surface area contributed by atoms with Crippen molar-refractivity contribution in [2.75, 3.05) is 19.6 Å². The number of piperidine rings is 1. The molecule has 1 fully saturated rings. The Balaban J connectivity index is 1.73. The molecule has 0 bridgehead atoms. The van der Waals surface area contributed by atoms with Crippen molar-refractivity contribution in [3.63, 3.8) is 0 Å². The van der Waals surface area contributed by atoms with E-state index in [0.717, 1.165) is 37.0 Å². The van der Waals surface area contributed by atoms with Gasteiger partial charge in [0.2, 0.25) is 0 Å². The Morgan fingerprint density at radius 1 is 1.35 bits per heavy atom. The Labute approximate surface area is 134 Å². The van der Waals surface area contributed by atoms with Gasteiger partial charge in [-0.15, -0.1) is 0 Å². The second-order valence-electron chi connectivity index (χ2n) is 6.65. The van der Waals surface area contributed by atoms with Crippen molar-refractivity contribution in [3.8, 4) is 0 Å². The highest BCUT2D eigenvalue weighted by Gasteiger charge is 2.31. The first-order valence-electron chi connectivity index (χ1n) is 8.03. The average Bonchev–Trinajstić information content (AvgIpc) is 2.83. The molecule has 1 atom stereocenters. The zero-order valence-corrected chi connectivity index (χ0v) is 13.6. The second kappa shape index (κ2) is 5.94. The summed E-state index contributed by atoms with van der Waals surface area (Å²) in [5, 5.41) is 10.1. The van der Waals surface area contributed by atoms with E-state index in [4.69, 9.17) is 0 Å².